The molecule has 6 nitrogen and oxygen atoms in total. The first-order valence-electron chi connectivity index (χ1n) is 13.2. The van der Waals surface area contributed by atoms with Crippen LogP contribution in [0.1, 0.15) is 31.9 Å². The zero-order valence-electron chi connectivity index (χ0n) is 22.9. The molecule has 0 saturated heterocycles. The second kappa shape index (κ2) is 11.9. The minimum atomic E-state index is -0.575. The number of aromatic nitrogens is 1. The monoisotopic (exact) mass is 532 g/mol. The lowest BCUT2D eigenvalue weighted by molar-refractivity contribution is 0.0636. The number of ether oxygens (including phenoxy) is 3. The maximum atomic E-state index is 12.3. The zero-order chi connectivity index (χ0) is 28.0. The molecule has 6 heteroatoms. The number of hydrogen-bond acceptors (Lipinski definition) is 5. The third-order valence-electron chi connectivity index (χ3n) is 6.08. The minimum absolute atomic E-state index is 0.376. The average Bonchev–Trinajstić information content (AvgIpc) is 2.95. The van der Waals surface area contributed by atoms with Crippen molar-refractivity contribution in [3.8, 4) is 22.9 Å². The van der Waals surface area contributed by atoms with Gasteiger partial charge >= 0.3 is 6.09 Å². The highest BCUT2D eigenvalue weighted by Crippen LogP contribution is 2.34. The summed E-state index contributed by atoms with van der Waals surface area (Å²) >= 11 is 0. The van der Waals surface area contributed by atoms with Gasteiger partial charge in [0.05, 0.1) is 0 Å². The van der Waals surface area contributed by atoms with Gasteiger partial charge in [0.2, 0.25) is 11.8 Å². The van der Waals surface area contributed by atoms with Gasteiger partial charge in [-0.3, -0.25) is 5.32 Å². The van der Waals surface area contributed by atoms with Gasteiger partial charge in [-0.15, -0.1) is 0 Å². The summed E-state index contributed by atoms with van der Waals surface area (Å²) in [6.07, 6.45) is -0.491. The molecule has 4 aromatic carbocycles. The smallest absolute Gasteiger partial charge is 0.412 e. The summed E-state index contributed by atoms with van der Waals surface area (Å²) in [5.41, 5.74) is 3.96. The quantitative estimate of drug-likeness (QED) is 0.217. The molecule has 5 rings (SSSR count). The van der Waals surface area contributed by atoms with Gasteiger partial charge in [-0.1, -0.05) is 78.9 Å². The lowest BCUT2D eigenvalue weighted by atomic mass is 10.0. The van der Waals surface area contributed by atoms with Crippen LogP contribution in [0.15, 0.2) is 109 Å². The fraction of sp³-hybridized carbons (Fsp3) is 0.176. The first kappa shape index (κ1) is 26.8. The Labute approximate surface area is 234 Å². The normalized spacial score (nSPS) is 11.2. The van der Waals surface area contributed by atoms with Crippen LogP contribution in [0.2, 0.25) is 0 Å². The van der Waals surface area contributed by atoms with Gasteiger partial charge in [0.1, 0.15) is 18.8 Å². The van der Waals surface area contributed by atoms with E-state index in [1.807, 2.05) is 124 Å². The van der Waals surface area contributed by atoms with Crippen LogP contribution < -0.4 is 14.8 Å². The molecule has 0 fully saturated rings. The molecule has 0 atom stereocenters. The van der Waals surface area contributed by atoms with E-state index in [-0.39, 0.29) is 0 Å². The second-order valence-corrected chi connectivity index (χ2v) is 10.5. The first-order chi connectivity index (χ1) is 19.3. The van der Waals surface area contributed by atoms with Gasteiger partial charge in [-0.2, -0.15) is 4.98 Å². The molecule has 1 heterocycles. The van der Waals surface area contributed by atoms with E-state index in [1.165, 1.54) is 0 Å². The van der Waals surface area contributed by atoms with Crippen molar-refractivity contribution >= 4 is 22.6 Å². The van der Waals surface area contributed by atoms with Crippen LogP contribution in [-0.4, -0.2) is 16.7 Å². The van der Waals surface area contributed by atoms with Crippen molar-refractivity contribution in [1.29, 1.82) is 0 Å². The van der Waals surface area contributed by atoms with Crippen LogP contribution in [-0.2, 0) is 18.0 Å². The Hall–Kier alpha value is -4.84. The topological polar surface area (TPSA) is 69.7 Å². The molecule has 202 valence electrons. The second-order valence-electron chi connectivity index (χ2n) is 10.5. The van der Waals surface area contributed by atoms with E-state index in [4.69, 9.17) is 19.2 Å². The Balaban J connectivity index is 1.43. The molecule has 1 amide bonds. The minimum Gasteiger partial charge on any atom is -0.473 e. The SMILES string of the molecule is CC(C)(C)OC(=O)Nc1ccc2ccc(-c3ccc(OCc4ccccc4)nc3OCc3ccccc3)cc2c1. The van der Waals surface area contributed by atoms with Crippen LogP contribution in [0.4, 0.5) is 10.5 Å². The molecule has 0 bridgehead atoms. The van der Waals surface area contributed by atoms with Crippen molar-refractivity contribution in [1.82, 2.24) is 4.98 Å². The summed E-state index contributed by atoms with van der Waals surface area (Å²) in [4.78, 5) is 17.0. The Morgan fingerprint density at radius 2 is 1.38 bits per heavy atom. The number of hydrogen-bond donors (Lipinski definition) is 1. The zero-order valence-corrected chi connectivity index (χ0v) is 22.9. The van der Waals surface area contributed by atoms with Crippen molar-refractivity contribution in [3.05, 3.63) is 120 Å². The van der Waals surface area contributed by atoms with Crippen molar-refractivity contribution in [3.63, 3.8) is 0 Å². The molecule has 0 unspecified atom stereocenters. The molecule has 0 aliphatic heterocycles. The molecule has 0 aliphatic carbocycles. The van der Waals surface area contributed by atoms with E-state index in [0.717, 1.165) is 33.0 Å². The number of carbonyl (C=O) groups excluding carboxylic acids is 1. The lowest BCUT2D eigenvalue weighted by Crippen LogP contribution is -2.27. The number of nitrogens with one attached hydrogen (secondary N) is 1. The van der Waals surface area contributed by atoms with E-state index in [0.29, 0.717) is 30.7 Å². The molecule has 1 aromatic heterocycles. The molecule has 0 saturated carbocycles. The van der Waals surface area contributed by atoms with Crippen molar-refractivity contribution in [2.24, 2.45) is 0 Å². The van der Waals surface area contributed by atoms with E-state index in [2.05, 4.69) is 11.4 Å². The molecular weight excluding hydrogens is 500 g/mol. The van der Waals surface area contributed by atoms with Crippen LogP contribution in [0.5, 0.6) is 11.8 Å². The van der Waals surface area contributed by atoms with Crippen LogP contribution in [0.3, 0.4) is 0 Å². The molecule has 0 aliphatic rings. The number of anilines is 1. The third-order valence-corrected chi connectivity index (χ3v) is 6.08. The maximum Gasteiger partial charge on any atom is 0.412 e. The Morgan fingerprint density at radius 1 is 0.725 bits per heavy atom. The fourth-order valence-corrected chi connectivity index (χ4v) is 4.20. The van der Waals surface area contributed by atoms with E-state index in [9.17, 15) is 4.79 Å². The van der Waals surface area contributed by atoms with E-state index in [1.54, 1.807) is 0 Å². The highest BCUT2D eigenvalue weighted by Gasteiger charge is 2.17. The summed E-state index contributed by atoms with van der Waals surface area (Å²) in [6.45, 7) is 6.30. The highest BCUT2D eigenvalue weighted by molar-refractivity contribution is 5.93. The average molecular weight is 533 g/mol. The molecule has 1 N–H and O–H groups in total. The summed E-state index contributed by atoms with van der Waals surface area (Å²) in [7, 11) is 0. The number of fused-ring (bicyclic) bond motifs is 1. The Kier molecular flexibility index (Phi) is 7.97. The van der Waals surface area contributed by atoms with Crippen LogP contribution >= 0.6 is 0 Å². The maximum absolute atomic E-state index is 12.3. The molecule has 5 aromatic rings. The van der Waals surface area contributed by atoms with Gasteiger partial charge in [0.25, 0.3) is 0 Å². The number of nitrogens with zero attached hydrogens (tertiary/aromatic N) is 1. The highest BCUT2D eigenvalue weighted by atomic mass is 16.6. The van der Waals surface area contributed by atoms with Crippen LogP contribution in [0, 0.1) is 0 Å². The van der Waals surface area contributed by atoms with Gasteiger partial charge in [-0.05, 0) is 72.5 Å². The van der Waals surface area contributed by atoms with E-state index >= 15 is 0 Å². The summed E-state index contributed by atoms with van der Waals surface area (Å²) < 4.78 is 17.6. The molecule has 0 spiro atoms. The Bertz CT molecular complexity index is 1600. The largest absolute Gasteiger partial charge is 0.473 e. The predicted octanol–water partition coefficient (Wildman–Crippen LogP) is 8.41. The van der Waals surface area contributed by atoms with Gasteiger partial charge in [0.15, 0.2) is 0 Å². The predicted molar refractivity (Wildman–Crippen MR) is 159 cm³/mol. The van der Waals surface area contributed by atoms with Crippen molar-refractivity contribution < 1.29 is 19.0 Å². The van der Waals surface area contributed by atoms with Crippen LogP contribution in [0.25, 0.3) is 21.9 Å². The Morgan fingerprint density at radius 3 is 2.05 bits per heavy atom. The molecule has 0 radical (unpaired) electrons. The van der Waals surface area contributed by atoms with E-state index < -0.39 is 11.7 Å². The number of pyridine rings is 1. The fourth-order valence-electron chi connectivity index (χ4n) is 4.20. The number of carbonyl (C=O) groups is 1. The number of benzene rings is 4. The summed E-state index contributed by atoms with van der Waals surface area (Å²) in [6, 6.07) is 35.7. The number of rotatable bonds is 8. The third kappa shape index (κ3) is 7.17. The van der Waals surface area contributed by atoms with Gasteiger partial charge < -0.3 is 14.2 Å². The molecule has 40 heavy (non-hydrogen) atoms. The van der Waals surface area contributed by atoms with Gasteiger partial charge in [0, 0.05) is 17.3 Å². The van der Waals surface area contributed by atoms with Gasteiger partial charge in [-0.25, -0.2) is 4.79 Å². The number of amides is 1. The summed E-state index contributed by atoms with van der Waals surface area (Å²) in [5, 5.41) is 4.83. The summed E-state index contributed by atoms with van der Waals surface area (Å²) in [5.74, 6) is 0.970. The molecular formula is C34H32N2O4. The standard InChI is InChI=1S/C34H32N2O4/c1-34(2,3)40-33(37)35-29-17-16-26-14-15-27(20-28(26)21-29)30-18-19-31(38-22-24-10-6-4-7-11-24)36-32(30)39-23-25-12-8-5-9-13-25/h4-21H,22-23H2,1-3H3,(H,35,37). The van der Waals surface area contributed by atoms with Crippen molar-refractivity contribution in [2.75, 3.05) is 5.32 Å². The lowest BCUT2D eigenvalue weighted by Gasteiger charge is -2.19. The van der Waals surface area contributed by atoms with Crippen molar-refractivity contribution in [2.45, 2.75) is 39.6 Å². The first-order valence-corrected chi connectivity index (χ1v) is 13.2.